The van der Waals surface area contributed by atoms with Crippen LogP contribution in [0.3, 0.4) is 0 Å². The minimum Gasteiger partial charge on any atom is -0.479 e. The van der Waals surface area contributed by atoms with Gasteiger partial charge < -0.3 is 14.2 Å². The molecule has 1 fully saturated rings. The Bertz CT molecular complexity index is 1080. The second-order valence-electron chi connectivity index (χ2n) is 8.35. The van der Waals surface area contributed by atoms with Crippen molar-refractivity contribution >= 4 is 18.1 Å². The van der Waals surface area contributed by atoms with Crippen molar-refractivity contribution in [1.29, 1.82) is 0 Å². The summed E-state index contributed by atoms with van der Waals surface area (Å²) in [6.45, 7) is 3.98. The molecule has 3 aromatic heterocycles. The summed E-state index contributed by atoms with van der Waals surface area (Å²) in [7, 11) is 1.63. The van der Waals surface area contributed by atoms with Gasteiger partial charge in [-0.3, -0.25) is 0 Å². The largest absolute Gasteiger partial charge is 0.479 e. The lowest BCUT2D eigenvalue weighted by molar-refractivity contribution is 0.383. The van der Waals surface area contributed by atoms with E-state index in [2.05, 4.69) is 19.5 Å². The number of methoxy groups -OCH3 is 1. The number of ether oxygens (including phenoxy) is 1. The lowest BCUT2D eigenvalue weighted by Gasteiger charge is -2.37. The number of anilines is 1. The van der Waals surface area contributed by atoms with E-state index in [9.17, 15) is 0 Å². The van der Waals surface area contributed by atoms with Crippen LogP contribution in [-0.2, 0) is 6.54 Å². The predicted molar refractivity (Wildman–Crippen MR) is 120 cm³/mol. The highest BCUT2D eigenvalue weighted by atomic mass is 16.5. The smallest absolute Gasteiger partial charge is 0.238 e. The van der Waals surface area contributed by atoms with Gasteiger partial charge in [0.1, 0.15) is 5.69 Å². The molecule has 0 N–H and O–H groups in total. The number of rotatable bonds is 5. The molecule has 1 aliphatic heterocycles. The molecule has 4 heterocycles. The maximum absolute atomic E-state index is 5.51. The number of imidazole rings is 1. The standard InChI is InChI=1S/C23H29N7O/c1-17-15-28(16-24-17)20-11-9-18(25-22(20)31-2)10-12-21-26-23-29(13-6-14-30(23)27-21)19-7-4-3-5-8-19/h9-12,15-16,19H,3-8,13-14H2,1-2H3. The molecule has 8 nitrogen and oxygen atoms in total. The van der Waals surface area contributed by atoms with Crippen LogP contribution in [0.2, 0.25) is 0 Å². The first-order chi connectivity index (χ1) is 15.2. The Kier molecular flexibility index (Phi) is 5.44. The van der Waals surface area contributed by atoms with Crippen molar-refractivity contribution in [2.45, 2.75) is 58.0 Å². The Hall–Kier alpha value is -3.16. The van der Waals surface area contributed by atoms with Gasteiger partial charge in [-0.25, -0.2) is 14.6 Å². The highest BCUT2D eigenvalue weighted by Crippen LogP contribution is 2.29. The summed E-state index contributed by atoms with van der Waals surface area (Å²) in [4.78, 5) is 16.2. The first-order valence-electron chi connectivity index (χ1n) is 11.2. The van der Waals surface area contributed by atoms with Crippen LogP contribution in [0.25, 0.3) is 17.8 Å². The van der Waals surface area contributed by atoms with E-state index in [1.165, 1.54) is 32.1 Å². The first-order valence-corrected chi connectivity index (χ1v) is 11.2. The lowest BCUT2D eigenvalue weighted by Crippen LogP contribution is -2.42. The van der Waals surface area contributed by atoms with Crippen LogP contribution in [-0.4, -0.2) is 49.0 Å². The van der Waals surface area contributed by atoms with E-state index in [0.29, 0.717) is 11.9 Å². The molecule has 0 aromatic carbocycles. The van der Waals surface area contributed by atoms with Gasteiger partial charge in [-0.05, 0) is 50.5 Å². The van der Waals surface area contributed by atoms with Crippen molar-refractivity contribution in [2.24, 2.45) is 0 Å². The lowest BCUT2D eigenvalue weighted by atomic mass is 9.94. The third kappa shape index (κ3) is 4.06. The molecule has 0 saturated heterocycles. The van der Waals surface area contributed by atoms with Crippen molar-refractivity contribution in [1.82, 2.24) is 29.3 Å². The number of hydrogen-bond donors (Lipinski definition) is 0. The maximum atomic E-state index is 5.51. The molecule has 8 heteroatoms. The molecule has 31 heavy (non-hydrogen) atoms. The van der Waals surface area contributed by atoms with Crippen LogP contribution in [0.15, 0.2) is 24.7 Å². The second-order valence-corrected chi connectivity index (χ2v) is 8.35. The number of fused-ring (bicyclic) bond motifs is 1. The summed E-state index contributed by atoms with van der Waals surface area (Å²) in [6.07, 6.45) is 15.3. The number of aryl methyl sites for hydroxylation is 2. The molecule has 0 unspecified atom stereocenters. The molecule has 162 valence electrons. The minimum atomic E-state index is 0.556. The van der Waals surface area contributed by atoms with Crippen molar-refractivity contribution in [2.75, 3.05) is 18.6 Å². The van der Waals surface area contributed by atoms with E-state index in [0.717, 1.165) is 48.4 Å². The molecule has 0 atom stereocenters. The van der Waals surface area contributed by atoms with Crippen molar-refractivity contribution in [3.8, 4) is 11.6 Å². The number of hydrogen-bond acceptors (Lipinski definition) is 6. The van der Waals surface area contributed by atoms with Crippen LogP contribution in [0.5, 0.6) is 5.88 Å². The Morgan fingerprint density at radius 2 is 1.90 bits per heavy atom. The number of nitrogens with zero attached hydrogens (tertiary/aromatic N) is 7. The second kappa shape index (κ2) is 8.53. The van der Waals surface area contributed by atoms with Crippen molar-refractivity contribution in [3.05, 3.63) is 41.9 Å². The van der Waals surface area contributed by atoms with Crippen LogP contribution in [0.4, 0.5) is 5.95 Å². The predicted octanol–water partition coefficient (Wildman–Crippen LogP) is 3.89. The van der Waals surface area contributed by atoms with Gasteiger partial charge in [0.25, 0.3) is 0 Å². The molecule has 1 aliphatic carbocycles. The molecule has 0 radical (unpaired) electrons. The fraction of sp³-hybridized carbons (Fsp3) is 0.478. The van der Waals surface area contributed by atoms with E-state index in [1.807, 2.05) is 42.0 Å². The topological polar surface area (TPSA) is 73.9 Å². The average molecular weight is 420 g/mol. The molecule has 2 aliphatic rings. The van der Waals surface area contributed by atoms with Gasteiger partial charge in [0.15, 0.2) is 5.82 Å². The third-order valence-corrected chi connectivity index (χ3v) is 6.16. The van der Waals surface area contributed by atoms with Crippen LogP contribution < -0.4 is 9.64 Å². The van der Waals surface area contributed by atoms with Gasteiger partial charge in [-0.15, -0.1) is 5.10 Å². The molecule has 5 rings (SSSR count). The SMILES string of the molecule is COc1nc(C=Cc2nc3n(n2)CCCN3C2CCCCC2)ccc1-n1cnc(C)c1. The summed E-state index contributed by atoms with van der Waals surface area (Å²) in [5.41, 5.74) is 2.61. The molecule has 0 amide bonds. The Morgan fingerprint density at radius 1 is 1.03 bits per heavy atom. The molecular formula is C23H29N7O. The fourth-order valence-electron chi connectivity index (χ4n) is 4.61. The van der Waals surface area contributed by atoms with E-state index >= 15 is 0 Å². The highest BCUT2D eigenvalue weighted by Gasteiger charge is 2.28. The molecule has 0 spiro atoms. The van der Waals surface area contributed by atoms with Gasteiger partial charge in [0.2, 0.25) is 11.8 Å². The Labute approximate surface area is 182 Å². The molecule has 0 bridgehead atoms. The molecule has 3 aromatic rings. The van der Waals surface area contributed by atoms with Crippen molar-refractivity contribution in [3.63, 3.8) is 0 Å². The van der Waals surface area contributed by atoms with E-state index in [1.54, 1.807) is 13.4 Å². The Balaban J connectivity index is 1.37. The van der Waals surface area contributed by atoms with Crippen LogP contribution in [0, 0.1) is 6.92 Å². The van der Waals surface area contributed by atoms with Crippen LogP contribution in [0.1, 0.15) is 55.7 Å². The van der Waals surface area contributed by atoms with E-state index in [4.69, 9.17) is 14.8 Å². The summed E-state index contributed by atoms with van der Waals surface area (Å²) in [5.74, 6) is 2.31. The third-order valence-electron chi connectivity index (χ3n) is 6.16. The first kappa shape index (κ1) is 19.8. The van der Waals surface area contributed by atoms with E-state index < -0.39 is 0 Å². The van der Waals surface area contributed by atoms with Crippen LogP contribution >= 0.6 is 0 Å². The zero-order valence-corrected chi connectivity index (χ0v) is 18.2. The van der Waals surface area contributed by atoms with Gasteiger partial charge >= 0.3 is 0 Å². The molecule has 1 saturated carbocycles. The summed E-state index contributed by atoms with van der Waals surface area (Å²) < 4.78 is 9.50. The number of pyridine rings is 1. The minimum absolute atomic E-state index is 0.556. The summed E-state index contributed by atoms with van der Waals surface area (Å²) >= 11 is 0. The quantitative estimate of drug-likeness (QED) is 0.625. The van der Waals surface area contributed by atoms with Gasteiger partial charge in [0.05, 0.1) is 24.8 Å². The highest BCUT2D eigenvalue weighted by molar-refractivity contribution is 5.66. The molecular weight excluding hydrogens is 390 g/mol. The Morgan fingerprint density at radius 3 is 2.68 bits per heavy atom. The van der Waals surface area contributed by atoms with Gasteiger partial charge in [-0.2, -0.15) is 4.98 Å². The van der Waals surface area contributed by atoms with Crippen molar-refractivity contribution < 1.29 is 4.74 Å². The average Bonchev–Trinajstić information content (AvgIpc) is 3.43. The fourth-order valence-corrected chi connectivity index (χ4v) is 4.61. The zero-order valence-electron chi connectivity index (χ0n) is 18.2. The summed E-state index contributed by atoms with van der Waals surface area (Å²) in [5, 5.41) is 4.73. The normalized spacial score (nSPS) is 17.3. The monoisotopic (exact) mass is 419 g/mol. The summed E-state index contributed by atoms with van der Waals surface area (Å²) in [6, 6.07) is 4.57. The van der Waals surface area contributed by atoms with Gasteiger partial charge in [-0.1, -0.05) is 19.3 Å². The van der Waals surface area contributed by atoms with E-state index in [-0.39, 0.29) is 0 Å². The zero-order chi connectivity index (χ0) is 21.2. The number of aromatic nitrogens is 6. The van der Waals surface area contributed by atoms with Gasteiger partial charge in [0, 0.05) is 25.3 Å². The maximum Gasteiger partial charge on any atom is 0.238 e.